The minimum atomic E-state index is -0.339. The second-order valence-electron chi connectivity index (χ2n) is 7.20. The van der Waals surface area contributed by atoms with Gasteiger partial charge in [0, 0.05) is 12.2 Å². The summed E-state index contributed by atoms with van der Waals surface area (Å²) in [7, 11) is 0. The Morgan fingerprint density at radius 3 is 2.68 bits per heavy atom. The minimum absolute atomic E-state index is 0.109. The molecule has 0 saturated carbocycles. The van der Waals surface area contributed by atoms with Crippen molar-refractivity contribution in [3.05, 3.63) is 65.0 Å². The summed E-state index contributed by atoms with van der Waals surface area (Å²) in [6.45, 7) is 6.74. The molecule has 0 bridgehead atoms. The molecule has 1 aromatic carbocycles. The van der Waals surface area contributed by atoms with Crippen molar-refractivity contribution in [3.8, 4) is 10.7 Å². The Morgan fingerprint density at radius 2 is 2.00 bits per heavy atom. The van der Waals surface area contributed by atoms with Gasteiger partial charge in [0.25, 0.3) is 5.89 Å². The van der Waals surface area contributed by atoms with Crippen LogP contribution in [0.2, 0.25) is 0 Å². The third-order valence-electron chi connectivity index (χ3n) is 4.67. The summed E-state index contributed by atoms with van der Waals surface area (Å²) < 4.78 is 5.65. The van der Waals surface area contributed by atoms with Gasteiger partial charge in [-0.05, 0) is 29.9 Å². The molecule has 6 nitrogen and oxygen atoms in total. The molecular weight excluding hydrogens is 372 g/mol. The lowest BCUT2D eigenvalue weighted by Crippen LogP contribution is -2.47. The summed E-state index contributed by atoms with van der Waals surface area (Å²) in [6, 6.07) is 13.3. The van der Waals surface area contributed by atoms with E-state index in [9.17, 15) is 4.79 Å². The van der Waals surface area contributed by atoms with Gasteiger partial charge < -0.3 is 9.84 Å². The van der Waals surface area contributed by atoms with Crippen LogP contribution in [0, 0.1) is 5.92 Å². The summed E-state index contributed by atoms with van der Waals surface area (Å²) in [6.07, 6.45) is 0. The van der Waals surface area contributed by atoms with Gasteiger partial charge in [-0.1, -0.05) is 55.4 Å². The van der Waals surface area contributed by atoms with Gasteiger partial charge in [0.15, 0.2) is 0 Å². The number of hydrogen-bond acceptors (Lipinski definition) is 5. The molecule has 1 atom stereocenters. The number of carbonyl (C=O) groups excluding carboxylic acids is 1. The molecule has 0 radical (unpaired) electrons. The molecule has 7 heteroatoms. The molecule has 144 valence electrons. The SMILES string of the molecule is CC1=C(c2nc(-c3cccs3)no2)C(c2ccccc2)NC(=O)N1CC(C)C. The fraction of sp³-hybridized carbons (Fsp3) is 0.286. The Bertz CT molecular complexity index is 993. The number of nitrogens with one attached hydrogen (secondary N) is 1. The van der Waals surface area contributed by atoms with Gasteiger partial charge in [-0.15, -0.1) is 11.3 Å². The topological polar surface area (TPSA) is 71.3 Å². The van der Waals surface area contributed by atoms with Crippen molar-refractivity contribution in [3.63, 3.8) is 0 Å². The van der Waals surface area contributed by atoms with E-state index < -0.39 is 0 Å². The molecule has 1 N–H and O–H groups in total. The van der Waals surface area contributed by atoms with E-state index in [1.807, 2.05) is 54.8 Å². The number of thiophene rings is 1. The van der Waals surface area contributed by atoms with Crippen LogP contribution < -0.4 is 5.32 Å². The van der Waals surface area contributed by atoms with Gasteiger partial charge in [0.05, 0.1) is 16.5 Å². The zero-order valence-corrected chi connectivity index (χ0v) is 16.9. The number of rotatable bonds is 5. The Morgan fingerprint density at radius 1 is 1.21 bits per heavy atom. The Hall–Kier alpha value is -2.93. The van der Waals surface area contributed by atoms with E-state index in [0.29, 0.717) is 24.2 Å². The second kappa shape index (κ2) is 7.59. The van der Waals surface area contributed by atoms with Crippen LogP contribution in [-0.2, 0) is 0 Å². The number of urea groups is 1. The lowest BCUT2D eigenvalue weighted by molar-refractivity contribution is 0.199. The number of carbonyl (C=O) groups is 1. The normalized spacial score (nSPS) is 17.4. The van der Waals surface area contributed by atoms with Crippen LogP contribution in [0.5, 0.6) is 0 Å². The molecule has 2 aromatic heterocycles. The van der Waals surface area contributed by atoms with E-state index in [0.717, 1.165) is 21.7 Å². The van der Waals surface area contributed by atoms with Crippen molar-refractivity contribution in [2.24, 2.45) is 5.92 Å². The number of nitrogens with zero attached hydrogens (tertiary/aromatic N) is 3. The number of benzene rings is 1. The van der Waals surface area contributed by atoms with E-state index >= 15 is 0 Å². The monoisotopic (exact) mass is 394 g/mol. The van der Waals surface area contributed by atoms with Crippen molar-refractivity contribution in [1.82, 2.24) is 20.4 Å². The minimum Gasteiger partial charge on any atom is -0.334 e. The van der Waals surface area contributed by atoms with Gasteiger partial charge in [0.1, 0.15) is 0 Å². The van der Waals surface area contributed by atoms with Crippen molar-refractivity contribution < 1.29 is 9.32 Å². The van der Waals surface area contributed by atoms with Crippen LogP contribution >= 0.6 is 11.3 Å². The fourth-order valence-electron chi connectivity index (χ4n) is 3.38. The lowest BCUT2D eigenvalue weighted by Gasteiger charge is -2.36. The fourth-order valence-corrected chi connectivity index (χ4v) is 4.03. The smallest absolute Gasteiger partial charge is 0.322 e. The Labute approximate surface area is 167 Å². The zero-order valence-electron chi connectivity index (χ0n) is 16.0. The standard InChI is InChI=1S/C21H22N4O2S/c1-13(2)12-25-14(3)17(18(22-21(25)26)15-8-5-4-6-9-15)20-23-19(24-27-20)16-10-7-11-28-16/h4-11,13,18H,12H2,1-3H3,(H,22,26). The molecule has 0 aliphatic carbocycles. The van der Waals surface area contributed by atoms with Gasteiger partial charge in [-0.25, -0.2) is 4.79 Å². The average molecular weight is 395 g/mol. The molecule has 28 heavy (non-hydrogen) atoms. The quantitative estimate of drug-likeness (QED) is 0.664. The van der Waals surface area contributed by atoms with Gasteiger partial charge in [-0.3, -0.25) is 4.90 Å². The summed E-state index contributed by atoms with van der Waals surface area (Å²) in [5.74, 6) is 1.33. The first-order valence-corrected chi connectivity index (χ1v) is 10.1. The third kappa shape index (κ3) is 3.45. The van der Waals surface area contributed by atoms with E-state index in [2.05, 4.69) is 29.3 Å². The van der Waals surface area contributed by atoms with Crippen molar-refractivity contribution >= 4 is 22.9 Å². The molecule has 4 rings (SSSR count). The maximum Gasteiger partial charge on any atom is 0.322 e. The maximum absolute atomic E-state index is 12.8. The maximum atomic E-state index is 12.8. The van der Waals surface area contributed by atoms with E-state index in [-0.39, 0.29) is 12.1 Å². The van der Waals surface area contributed by atoms with Gasteiger partial charge in [-0.2, -0.15) is 4.98 Å². The molecule has 0 fully saturated rings. The molecule has 1 aliphatic heterocycles. The highest BCUT2D eigenvalue weighted by atomic mass is 32.1. The average Bonchev–Trinajstić information content (AvgIpc) is 3.37. The Balaban J connectivity index is 1.82. The highest BCUT2D eigenvalue weighted by Gasteiger charge is 2.35. The van der Waals surface area contributed by atoms with Gasteiger partial charge >= 0.3 is 6.03 Å². The highest BCUT2D eigenvalue weighted by molar-refractivity contribution is 7.13. The predicted octanol–water partition coefficient (Wildman–Crippen LogP) is 4.95. The van der Waals surface area contributed by atoms with Crippen LogP contribution in [0.25, 0.3) is 16.3 Å². The van der Waals surface area contributed by atoms with Crippen molar-refractivity contribution in [2.45, 2.75) is 26.8 Å². The van der Waals surface area contributed by atoms with E-state index in [1.54, 1.807) is 16.2 Å². The zero-order chi connectivity index (χ0) is 19.7. The number of aromatic nitrogens is 2. The van der Waals surface area contributed by atoms with Crippen LogP contribution in [-0.4, -0.2) is 27.6 Å². The van der Waals surface area contributed by atoms with Crippen molar-refractivity contribution in [2.75, 3.05) is 6.54 Å². The van der Waals surface area contributed by atoms with Crippen LogP contribution in [0.4, 0.5) is 4.79 Å². The highest BCUT2D eigenvalue weighted by Crippen LogP contribution is 2.37. The number of amides is 2. The van der Waals surface area contributed by atoms with Crippen LogP contribution in [0.3, 0.4) is 0 Å². The molecule has 2 amide bonds. The van der Waals surface area contributed by atoms with Crippen LogP contribution in [0.1, 0.15) is 38.3 Å². The molecule has 3 heterocycles. The first kappa shape index (κ1) is 18.4. The van der Waals surface area contributed by atoms with Gasteiger partial charge in [0.2, 0.25) is 5.82 Å². The predicted molar refractivity (Wildman–Crippen MR) is 109 cm³/mol. The molecule has 0 spiro atoms. The third-order valence-corrected chi connectivity index (χ3v) is 5.54. The van der Waals surface area contributed by atoms with E-state index in [4.69, 9.17) is 4.52 Å². The summed E-state index contributed by atoms with van der Waals surface area (Å²) in [5, 5.41) is 9.26. The first-order chi connectivity index (χ1) is 13.5. The van der Waals surface area contributed by atoms with Crippen molar-refractivity contribution in [1.29, 1.82) is 0 Å². The number of allylic oxidation sites excluding steroid dienone is 1. The molecule has 3 aromatic rings. The summed E-state index contributed by atoms with van der Waals surface area (Å²) >= 11 is 1.56. The molecule has 1 aliphatic rings. The molecular formula is C21H22N4O2S. The Kier molecular flexibility index (Phi) is 5.00. The lowest BCUT2D eigenvalue weighted by atomic mass is 9.94. The largest absolute Gasteiger partial charge is 0.334 e. The molecule has 0 saturated heterocycles. The first-order valence-electron chi connectivity index (χ1n) is 9.26. The summed E-state index contributed by atoms with van der Waals surface area (Å²) in [5.41, 5.74) is 2.65. The number of hydrogen-bond donors (Lipinski definition) is 1. The summed E-state index contributed by atoms with van der Waals surface area (Å²) in [4.78, 5) is 20.2. The van der Waals surface area contributed by atoms with Crippen LogP contribution in [0.15, 0.2) is 58.1 Å². The second-order valence-corrected chi connectivity index (χ2v) is 8.14. The molecule has 1 unspecified atom stereocenters. The van der Waals surface area contributed by atoms with E-state index in [1.165, 1.54) is 0 Å².